The number of aromatic nitrogens is 2. The van der Waals surface area contributed by atoms with Crippen LogP contribution in [0.2, 0.25) is 0 Å². The van der Waals surface area contributed by atoms with Crippen molar-refractivity contribution in [3.05, 3.63) is 24.3 Å². The van der Waals surface area contributed by atoms with Crippen molar-refractivity contribution in [1.82, 2.24) is 9.97 Å². The number of benzene rings is 1. The summed E-state index contributed by atoms with van der Waals surface area (Å²) in [6.45, 7) is 4.51. The van der Waals surface area contributed by atoms with Gasteiger partial charge in [-0.1, -0.05) is 12.1 Å². The van der Waals surface area contributed by atoms with Crippen LogP contribution >= 0.6 is 0 Å². The number of rotatable bonds is 6. The molecule has 0 aliphatic rings. The maximum atomic E-state index is 11.4. The fraction of sp³-hybridized carbons (Fsp3) is 0.429. The van der Waals surface area contributed by atoms with Gasteiger partial charge in [0.1, 0.15) is 15.7 Å². The van der Waals surface area contributed by atoms with Crippen molar-refractivity contribution in [2.24, 2.45) is 0 Å². The standard InChI is InChI=1S/C14H20N4O2S/c1-4-15-14-17-12-8-6-5-7-11(12)13(18-14)16-10(2)9-21(3,19)20/h5-8,10H,4,9H2,1-3H3,(H2,15,16,17,18). The van der Waals surface area contributed by atoms with Crippen LogP contribution in [0.5, 0.6) is 0 Å². The van der Waals surface area contributed by atoms with E-state index in [0.29, 0.717) is 11.8 Å². The number of nitrogens with one attached hydrogen (secondary N) is 2. The SMILES string of the molecule is CCNc1nc(NC(C)CS(C)(=O)=O)c2ccccc2n1. The van der Waals surface area contributed by atoms with Crippen LogP contribution in [0.1, 0.15) is 13.8 Å². The summed E-state index contributed by atoms with van der Waals surface area (Å²) in [4.78, 5) is 8.86. The zero-order valence-electron chi connectivity index (χ0n) is 12.4. The normalized spacial score (nSPS) is 13.1. The van der Waals surface area contributed by atoms with Crippen molar-refractivity contribution in [2.45, 2.75) is 19.9 Å². The summed E-state index contributed by atoms with van der Waals surface area (Å²) in [5.41, 5.74) is 0.817. The van der Waals surface area contributed by atoms with Crippen molar-refractivity contribution >= 4 is 32.5 Å². The number of para-hydroxylation sites is 1. The van der Waals surface area contributed by atoms with Gasteiger partial charge in [0.25, 0.3) is 0 Å². The van der Waals surface area contributed by atoms with Crippen LogP contribution in [0.3, 0.4) is 0 Å². The fourth-order valence-corrected chi connectivity index (χ4v) is 3.14. The molecule has 0 saturated heterocycles. The van der Waals surface area contributed by atoms with Crippen LogP contribution in [-0.2, 0) is 9.84 Å². The lowest BCUT2D eigenvalue weighted by molar-refractivity contribution is 0.598. The highest BCUT2D eigenvalue weighted by Gasteiger charge is 2.13. The largest absolute Gasteiger partial charge is 0.366 e. The summed E-state index contributed by atoms with van der Waals surface area (Å²) >= 11 is 0. The second-order valence-electron chi connectivity index (χ2n) is 5.08. The van der Waals surface area contributed by atoms with Crippen LogP contribution in [0.15, 0.2) is 24.3 Å². The monoisotopic (exact) mass is 308 g/mol. The highest BCUT2D eigenvalue weighted by atomic mass is 32.2. The van der Waals surface area contributed by atoms with E-state index in [-0.39, 0.29) is 11.8 Å². The van der Waals surface area contributed by atoms with E-state index in [4.69, 9.17) is 0 Å². The van der Waals surface area contributed by atoms with E-state index in [1.54, 1.807) is 0 Å². The van der Waals surface area contributed by atoms with E-state index in [2.05, 4.69) is 20.6 Å². The van der Waals surface area contributed by atoms with Gasteiger partial charge in [-0.15, -0.1) is 0 Å². The van der Waals surface area contributed by atoms with Crippen molar-refractivity contribution < 1.29 is 8.42 Å². The van der Waals surface area contributed by atoms with Gasteiger partial charge in [0.05, 0.1) is 11.3 Å². The van der Waals surface area contributed by atoms with E-state index in [9.17, 15) is 8.42 Å². The molecule has 0 aliphatic heterocycles. The zero-order chi connectivity index (χ0) is 15.5. The van der Waals surface area contributed by atoms with Gasteiger partial charge >= 0.3 is 0 Å². The first-order valence-corrected chi connectivity index (χ1v) is 8.90. The average molecular weight is 308 g/mol. The first-order chi connectivity index (χ1) is 9.89. The molecule has 1 aromatic carbocycles. The van der Waals surface area contributed by atoms with Crippen LogP contribution in [0, 0.1) is 0 Å². The molecule has 0 aliphatic carbocycles. The third kappa shape index (κ3) is 4.29. The topological polar surface area (TPSA) is 84.0 Å². The maximum Gasteiger partial charge on any atom is 0.225 e. The lowest BCUT2D eigenvalue weighted by Gasteiger charge is -2.16. The van der Waals surface area contributed by atoms with Crippen LogP contribution in [-0.4, -0.2) is 43.0 Å². The quantitative estimate of drug-likeness (QED) is 0.848. The molecule has 1 atom stereocenters. The Morgan fingerprint density at radius 2 is 1.95 bits per heavy atom. The van der Waals surface area contributed by atoms with Crippen LogP contribution in [0.4, 0.5) is 11.8 Å². The Bertz CT molecular complexity index is 731. The number of anilines is 2. The van der Waals surface area contributed by atoms with E-state index in [1.807, 2.05) is 38.1 Å². The maximum absolute atomic E-state index is 11.4. The van der Waals surface area contributed by atoms with Crippen molar-refractivity contribution in [2.75, 3.05) is 29.2 Å². The van der Waals surface area contributed by atoms with Gasteiger partial charge in [-0.25, -0.2) is 13.4 Å². The second-order valence-corrected chi connectivity index (χ2v) is 7.27. The molecule has 0 fully saturated rings. The first-order valence-electron chi connectivity index (χ1n) is 6.84. The lowest BCUT2D eigenvalue weighted by atomic mass is 10.2. The molecular formula is C14H20N4O2S. The average Bonchev–Trinajstić information content (AvgIpc) is 2.37. The minimum absolute atomic E-state index is 0.0574. The molecule has 7 heteroatoms. The second kappa shape index (κ2) is 6.26. The highest BCUT2D eigenvalue weighted by Crippen LogP contribution is 2.22. The fourth-order valence-electron chi connectivity index (χ4n) is 2.15. The van der Waals surface area contributed by atoms with E-state index in [0.717, 1.165) is 17.4 Å². The molecule has 0 radical (unpaired) electrons. The summed E-state index contributed by atoms with van der Waals surface area (Å²) in [5, 5.41) is 7.13. The molecular weight excluding hydrogens is 288 g/mol. The van der Waals surface area contributed by atoms with Crippen molar-refractivity contribution in [1.29, 1.82) is 0 Å². The predicted octanol–water partition coefficient (Wildman–Crippen LogP) is 1.91. The van der Waals surface area contributed by atoms with Crippen LogP contribution in [0.25, 0.3) is 10.9 Å². The molecule has 1 heterocycles. The smallest absolute Gasteiger partial charge is 0.225 e. The van der Waals surface area contributed by atoms with Gasteiger partial charge in [0.15, 0.2) is 0 Å². The van der Waals surface area contributed by atoms with Gasteiger partial charge in [0, 0.05) is 24.2 Å². The molecule has 21 heavy (non-hydrogen) atoms. The predicted molar refractivity (Wildman–Crippen MR) is 86.5 cm³/mol. The minimum atomic E-state index is -3.04. The third-order valence-electron chi connectivity index (χ3n) is 2.87. The minimum Gasteiger partial charge on any atom is -0.366 e. The summed E-state index contributed by atoms with van der Waals surface area (Å²) in [6.07, 6.45) is 1.23. The Hall–Kier alpha value is -1.89. The van der Waals surface area contributed by atoms with Gasteiger partial charge in [-0.3, -0.25) is 0 Å². The first kappa shape index (κ1) is 15.5. The third-order valence-corrected chi connectivity index (χ3v) is 3.98. The zero-order valence-corrected chi connectivity index (χ0v) is 13.2. The number of fused-ring (bicyclic) bond motifs is 1. The van der Waals surface area contributed by atoms with Gasteiger partial charge in [-0.05, 0) is 26.0 Å². The Morgan fingerprint density at radius 1 is 1.24 bits per heavy atom. The number of sulfone groups is 1. The molecule has 1 aromatic heterocycles. The van der Waals surface area contributed by atoms with E-state index >= 15 is 0 Å². The van der Waals surface area contributed by atoms with Gasteiger partial charge in [0.2, 0.25) is 5.95 Å². The Morgan fingerprint density at radius 3 is 2.62 bits per heavy atom. The summed E-state index contributed by atoms with van der Waals surface area (Å²) in [7, 11) is -3.04. The molecule has 0 spiro atoms. The molecule has 6 nitrogen and oxygen atoms in total. The number of hydrogen-bond acceptors (Lipinski definition) is 6. The molecule has 0 amide bonds. The van der Waals surface area contributed by atoms with Gasteiger partial charge in [-0.2, -0.15) is 4.98 Å². The summed E-state index contributed by atoms with van der Waals surface area (Å²) in [6, 6.07) is 7.41. The number of nitrogens with zero attached hydrogens (tertiary/aromatic N) is 2. The summed E-state index contributed by atoms with van der Waals surface area (Å²) in [5.74, 6) is 1.24. The van der Waals surface area contributed by atoms with E-state index in [1.165, 1.54) is 6.26 Å². The molecule has 2 N–H and O–H groups in total. The van der Waals surface area contributed by atoms with Crippen molar-refractivity contribution in [3.63, 3.8) is 0 Å². The Kier molecular flexibility index (Phi) is 4.62. The molecule has 0 saturated carbocycles. The number of hydrogen-bond donors (Lipinski definition) is 2. The molecule has 2 aromatic rings. The highest BCUT2D eigenvalue weighted by molar-refractivity contribution is 7.90. The molecule has 1 unspecified atom stereocenters. The Balaban J connectivity index is 2.36. The van der Waals surface area contributed by atoms with Crippen LogP contribution < -0.4 is 10.6 Å². The van der Waals surface area contributed by atoms with Gasteiger partial charge < -0.3 is 10.6 Å². The van der Waals surface area contributed by atoms with E-state index < -0.39 is 9.84 Å². The summed E-state index contributed by atoms with van der Waals surface area (Å²) < 4.78 is 22.8. The molecule has 2 rings (SSSR count). The molecule has 0 bridgehead atoms. The van der Waals surface area contributed by atoms with Crippen molar-refractivity contribution in [3.8, 4) is 0 Å². The Labute approximate surface area is 124 Å². The molecule has 114 valence electrons. The lowest BCUT2D eigenvalue weighted by Crippen LogP contribution is -2.25.